The molecule has 2 rings (SSSR count). The molecule has 3 N–H and O–H groups in total. The van der Waals surface area contributed by atoms with Crippen LogP contribution in [0, 0.1) is 6.92 Å². The fraction of sp³-hybridized carbons (Fsp3) is 0.409. The normalized spacial score (nSPS) is 11.9. The topological polar surface area (TPSA) is 75.1 Å². The molecule has 0 fully saturated rings. The van der Waals surface area contributed by atoms with Gasteiger partial charge in [-0.1, -0.05) is 24.3 Å². The quantitative estimate of drug-likeness (QED) is 0.408. The molecule has 0 aliphatic rings. The third-order valence-electron chi connectivity index (χ3n) is 4.35. The fourth-order valence-electron chi connectivity index (χ4n) is 2.84. The number of guanidine groups is 1. The first kappa shape index (κ1) is 24.2. The lowest BCUT2D eigenvalue weighted by molar-refractivity contribution is -0.153. The number of para-hydroxylation sites is 1. The Labute approximate surface area is 180 Å². The van der Waals surface area contributed by atoms with Crippen molar-refractivity contribution in [1.29, 1.82) is 0 Å². The number of nitrogens with one attached hydrogen (secondary N) is 2. The van der Waals surface area contributed by atoms with Gasteiger partial charge in [-0.3, -0.25) is 0 Å². The van der Waals surface area contributed by atoms with E-state index in [1.54, 1.807) is 43.3 Å². The van der Waals surface area contributed by atoms with Gasteiger partial charge >= 0.3 is 6.18 Å². The van der Waals surface area contributed by atoms with Gasteiger partial charge in [-0.25, -0.2) is 4.99 Å². The highest BCUT2D eigenvalue weighted by Gasteiger charge is 2.28. The number of methoxy groups -OCH3 is 1. The highest BCUT2D eigenvalue weighted by atomic mass is 19.4. The minimum absolute atomic E-state index is 0.0971. The van der Waals surface area contributed by atoms with Crippen molar-refractivity contribution in [3.8, 4) is 17.2 Å². The first-order valence-corrected chi connectivity index (χ1v) is 9.89. The number of aromatic hydroxyl groups is 1. The molecule has 170 valence electrons. The number of benzene rings is 2. The Bertz CT molecular complexity index is 886. The van der Waals surface area contributed by atoms with E-state index in [0.29, 0.717) is 36.8 Å². The minimum Gasteiger partial charge on any atom is -0.504 e. The van der Waals surface area contributed by atoms with Crippen LogP contribution in [0.2, 0.25) is 0 Å². The third-order valence-corrected chi connectivity index (χ3v) is 4.35. The molecule has 2 aromatic rings. The van der Waals surface area contributed by atoms with Crippen molar-refractivity contribution in [2.75, 3.05) is 26.8 Å². The number of aryl methyl sites for hydroxylation is 1. The zero-order valence-electron chi connectivity index (χ0n) is 17.8. The molecule has 0 spiro atoms. The van der Waals surface area contributed by atoms with E-state index < -0.39 is 12.8 Å². The van der Waals surface area contributed by atoms with Crippen LogP contribution in [0.4, 0.5) is 13.2 Å². The summed E-state index contributed by atoms with van der Waals surface area (Å²) in [5.74, 6) is 1.18. The monoisotopic (exact) mass is 439 g/mol. The van der Waals surface area contributed by atoms with Crippen molar-refractivity contribution >= 4 is 5.96 Å². The fourth-order valence-corrected chi connectivity index (χ4v) is 2.84. The van der Waals surface area contributed by atoms with Gasteiger partial charge in [0, 0.05) is 18.7 Å². The third kappa shape index (κ3) is 7.92. The molecule has 9 heteroatoms. The van der Waals surface area contributed by atoms with Crippen LogP contribution in [-0.2, 0) is 13.0 Å². The lowest BCUT2D eigenvalue weighted by Gasteiger charge is -2.15. The maximum atomic E-state index is 12.5. The summed E-state index contributed by atoms with van der Waals surface area (Å²) < 4.78 is 47.7. The second kappa shape index (κ2) is 11.3. The van der Waals surface area contributed by atoms with Gasteiger partial charge in [0.15, 0.2) is 24.1 Å². The number of nitrogens with zero attached hydrogens (tertiary/aromatic N) is 1. The molecular formula is C22H28F3N3O3. The molecule has 0 saturated carbocycles. The number of hydrogen-bond acceptors (Lipinski definition) is 4. The SMILES string of the molecule is CCNC(=NCc1ccc(C)cc1OCC(F)(F)F)NCCc1cccc(OC)c1O. The van der Waals surface area contributed by atoms with Crippen LogP contribution < -0.4 is 20.1 Å². The van der Waals surface area contributed by atoms with Gasteiger partial charge in [-0.2, -0.15) is 13.2 Å². The molecule has 0 bridgehead atoms. The van der Waals surface area contributed by atoms with Gasteiger partial charge < -0.3 is 25.2 Å². The van der Waals surface area contributed by atoms with E-state index >= 15 is 0 Å². The van der Waals surface area contributed by atoms with Crippen LogP contribution in [0.1, 0.15) is 23.6 Å². The molecular weight excluding hydrogens is 411 g/mol. The maximum Gasteiger partial charge on any atom is 0.422 e. The average Bonchev–Trinajstić information content (AvgIpc) is 2.72. The van der Waals surface area contributed by atoms with E-state index in [4.69, 9.17) is 9.47 Å². The molecule has 0 radical (unpaired) electrons. The molecule has 31 heavy (non-hydrogen) atoms. The summed E-state index contributed by atoms with van der Waals surface area (Å²) in [7, 11) is 1.49. The van der Waals surface area contributed by atoms with Gasteiger partial charge in [0.05, 0.1) is 13.7 Å². The van der Waals surface area contributed by atoms with Crippen molar-refractivity contribution in [1.82, 2.24) is 10.6 Å². The Morgan fingerprint density at radius 1 is 1.10 bits per heavy atom. The van der Waals surface area contributed by atoms with Gasteiger partial charge in [-0.15, -0.1) is 0 Å². The van der Waals surface area contributed by atoms with Crippen molar-refractivity contribution in [3.05, 3.63) is 53.1 Å². The van der Waals surface area contributed by atoms with Crippen LogP contribution in [0.3, 0.4) is 0 Å². The highest BCUT2D eigenvalue weighted by molar-refractivity contribution is 5.79. The van der Waals surface area contributed by atoms with Crippen LogP contribution in [0.25, 0.3) is 0 Å². The van der Waals surface area contributed by atoms with Gasteiger partial charge in [-0.05, 0) is 43.5 Å². The molecule has 0 aromatic heterocycles. The molecule has 6 nitrogen and oxygen atoms in total. The molecule has 0 aliphatic heterocycles. The number of phenols is 1. The molecule has 0 atom stereocenters. The number of rotatable bonds is 9. The van der Waals surface area contributed by atoms with Gasteiger partial charge in [0.25, 0.3) is 0 Å². The summed E-state index contributed by atoms with van der Waals surface area (Å²) in [6, 6.07) is 10.4. The van der Waals surface area contributed by atoms with Crippen LogP contribution in [-0.4, -0.2) is 44.0 Å². The second-order valence-corrected chi connectivity index (χ2v) is 6.85. The van der Waals surface area contributed by atoms with E-state index in [9.17, 15) is 18.3 Å². The minimum atomic E-state index is -4.41. The summed E-state index contributed by atoms with van der Waals surface area (Å²) in [4.78, 5) is 4.45. The summed E-state index contributed by atoms with van der Waals surface area (Å²) >= 11 is 0. The predicted octanol–water partition coefficient (Wildman–Crippen LogP) is 3.95. The molecule has 0 heterocycles. The molecule has 2 aromatic carbocycles. The van der Waals surface area contributed by atoms with Gasteiger partial charge in [0.2, 0.25) is 0 Å². The molecule has 0 aliphatic carbocycles. The van der Waals surface area contributed by atoms with Gasteiger partial charge in [0.1, 0.15) is 5.75 Å². The van der Waals surface area contributed by atoms with Crippen molar-refractivity contribution in [2.45, 2.75) is 33.0 Å². The Balaban J connectivity index is 2.04. The summed E-state index contributed by atoms with van der Waals surface area (Å²) in [6.45, 7) is 3.59. The Morgan fingerprint density at radius 3 is 2.55 bits per heavy atom. The Hall–Kier alpha value is -3.10. The largest absolute Gasteiger partial charge is 0.504 e. The lowest BCUT2D eigenvalue weighted by Crippen LogP contribution is -2.38. The summed E-state index contributed by atoms with van der Waals surface area (Å²) in [5.41, 5.74) is 2.08. The van der Waals surface area contributed by atoms with Crippen molar-refractivity contribution in [3.63, 3.8) is 0 Å². The average molecular weight is 439 g/mol. The molecule has 0 saturated heterocycles. The Morgan fingerprint density at radius 2 is 1.87 bits per heavy atom. The number of halogens is 3. The Kier molecular flexibility index (Phi) is 8.84. The van der Waals surface area contributed by atoms with Crippen molar-refractivity contribution in [2.24, 2.45) is 4.99 Å². The van der Waals surface area contributed by atoms with Crippen LogP contribution >= 0.6 is 0 Å². The number of ether oxygens (including phenoxy) is 2. The number of alkyl halides is 3. The number of aliphatic imine (C=N–C) groups is 1. The van der Waals surface area contributed by atoms with Crippen LogP contribution in [0.5, 0.6) is 17.2 Å². The first-order valence-electron chi connectivity index (χ1n) is 9.89. The van der Waals surface area contributed by atoms with E-state index in [1.807, 2.05) is 6.92 Å². The molecule has 0 amide bonds. The second-order valence-electron chi connectivity index (χ2n) is 6.85. The predicted molar refractivity (Wildman–Crippen MR) is 114 cm³/mol. The lowest BCUT2D eigenvalue weighted by atomic mass is 10.1. The van der Waals surface area contributed by atoms with E-state index in [2.05, 4.69) is 15.6 Å². The molecule has 0 unspecified atom stereocenters. The van der Waals surface area contributed by atoms with E-state index in [-0.39, 0.29) is 18.0 Å². The number of hydrogen-bond donors (Lipinski definition) is 3. The summed E-state index contributed by atoms with van der Waals surface area (Å²) in [5, 5.41) is 16.4. The number of phenolic OH excluding ortho intramolecular Hbond substituents is 1. The highest BCUT2D eigenvalue weighted by Crippen LogP contribution is 2.29. The van der Waals surface area contributed by atoms with Crippen molar-refractivity contribution < 1.29 is 27.8 Å². The van der Waals surface area contributed by atoms with Crippen LogP contribution in [0.15, 0.2) is 41.4 Å². The first-order chi connectivity index (χ1) is 14.7. The maximum absolute atomic E-state index is 12.5. The zero-order valence-corrected chi connectivity index (χ0v) is 17.8. The standard InChI is InChI=1S/C22H28F3N3O3/c1-4-26-21(27-11-10-16-6-5-7-18(30-3)20(16)29)28-13-17-9-8-15(2)12-19(17)31-14-22(23,24)25/h5-9,12,29H,4,10-11,13-14H2,1-3H3,(H2,26,27,28). The smallest absolute Gasteiger partial charge is 0.422 e. The summed E-state index contributed by atoms with van der Waals surface area (Å²) in [6.07, 6.45) is -3.88. The zero-order chi connectivity index (χ0) is 22.9. The van der Waals surface area contributed by atoms with E-state index in [0.717, 1.165) is 11.1 Å². The van der Waals surface area contributed by atoms with E-state index in [1.165, 1.54) is 7.11 Å².